The number of hydrogen-bond donors (Lipinski definition) is 1. The average molecular weight is 385 g/mol. The summed E-state index contributed by atoms with van der Waals surface area (Å²) in [5.41, 5.74) is 3.52. The van der Waals surface area contributed by atoms with Crippen molar-refractivity contribution in [3.05, 3.63) is 59.7 Å². The molecular weight excluding hydrogens is 360 g/mol. The molecule has 1 aliphatic heterocycles. The van der Waals surface area contributed by atoms with Gasteiger partial charge in [0.05, 0.1) is 23.5 Å². The summed E-state index contributed by atoms with van der Waals surface area (Å²) in [4.78, 5) is 0. The molecule has 0 saturated carbocycles. The van der Waals surface area contributed by atoms with Crippen molar-refractivity contribution in [3.8, 4) is 17.2 Å². The third-order valence-electron chi connectivity index (χ3n) is 4.99. The zero-order valence-electron chi connectivity index (χ0n) is 15.6. The predicted molar refractivity (Wildman–Crippen MR) is 106 cm³/mol. The molecular formula is C21H24N2O3S. The zero-order valence-corrected chi connectivity index (χ0v) is 16.4. The number of nitriles is 1. The highest BCUT2D eigenvalue weighted by Crippen LogP contribution is 2.30. The summed E-state index contributed by atoms with van der Waals surface area (Å²) in [6.45, 7) is 4.39. The maximum atomic E-state index is 12.3. The molecule has 3 rings (SSSR count). The van der Waals surface area contributed by atoms with E-state index in [1.807, 2.05) is 42.5 Å². The number of ether oxygens (including phenoxy) is 1. The topological polar surface area (TPSA) is 79.2 Å². The number of nitrogens with one attached hydrogen (secondary N) is 1. The first-order valence-corrected chi connectivity index (χ1v) is 10.7. The van der Waals surface area contributed by atoms with E-state index in [2.05, 4.69) is 10.8 Å². The molecule has 27 heavy (non-hydrogen) atoms. The van der Waals surface area contributed by atoms with Crippen LogP contribution in [0.2, 0.25) is 0 Å². The second-order valence-electron chi connectivity index (χ2n) is 7.07. The first-order chi connectivity index (χ1) is 12.9. The van der Waals surface area contributed by atoms with Gasteiger partial charge in [0.15, 0.2) is 0 Å². The van der Waals surface area contributed by atoms with Crippen molar-refractivity contribution >= 4 is 10.0 Å². The third-order valence-corrected chi connectivity index (χ3v) is 6.86. The summed E-state index contributed by atoms with van der Waals surface area (Å²) in [7, 11) is -3.34. The SMILES string of the molecule is CC(C)S(=O)(=O)NC1CCOC[C@@H]1c1ccc(-c2ccccc2C#N)cc1. The molecule has 0 bridgehead atoms. The molecule has 2 atom stereocenters. The zero-order chi connectivity index (χ0) is 19.4. The molecule has 142 valence electrons. The molecule has 6 heteroatoms. The van der Waals surface area contributed by atoms with Crippen molar-refractivity contribution in [2.75, 3.05) is 13.2 Å². The Morgan fingerprint density at radius 2 is 1.85 bits per heavy atom. The van der Waals surface area contributed by atoms with Crippen LogP contribution in [0.3, 0.4) is 0 Å². The molecule has 2 aromatic rings. The van der Waals surface area contributed by atoms with E-state index < -0.39 is 15.3 Å². The Balaban J connectivity index is 1.85. The Bertz CT molecular complexity index is 931. The van der Waals surface area contributed by atoms with Crippen LogP contribution in [0.4, 0.5) is 0 Å². The van der Waals surface area contributed by atoms with Gasteiger partial charge in [-0.25, -0.2) is 13.1 Å². The third kappa shape index (κ3) is 4.38. The van der Waals surface area contributed by atoms with Crippen molar-refractivity contribution < 1.29 is 13.2 Å². The number of rotatable bonds is 5. The summed E-state index contributed by atoms with van der Waals surface area (Å²) in [6, 6.07) is 17.5. The summed E-state index contributed by atoms with van der Waals surface area (Å²) in [5, 5.41) is 8.83. The maximum Gasteiger partial charge on any atom is 0.214 e. The molecule has 1 heterocycles. The molecule has 2 aromatic carbocycles. The second kappa shape index (κ2) is 8.22. The summed E-state index contributed by atoms with van der Waals surface area (Å²) < 4.78 is 33.1. The molecule has 0 aromatic heterocycles. The van der Waals surface area contributed by atoms with Gasteiger partial charge >= 0.3 is 0 Å². The standard InChI is InChI=1S/C21H24N2O3S/c1-15(2)27(24,25)23-21-11-12-26-14-20(21)17-9-7-16(8-10-17)19-6-4-3-5-18(19)13-22/h3-10,15,20-21,23H,11-12,14H2,1-2H3/t20-,21?/m1/s1. The van der Waals surface area contributed by atoms with Crippen LogP contribution < -0.4 is 4.72 Å². The monoisotopic (exact) mass is 384 g/mol. The molecule has 0 radical (unpaired) electrons. The second-order valence-corrected chi connectivity index (χ2v) is 9.34. The lowest BCUT2D eigenvalue weighted by atomic mass is 9.88. The van der Waals surface area contributed by atoms with E-state index in [1.165, 1.54) is 0 Å². The van der Waals surface area contributed by atoms with Crippen LogP contribution >= 0.6 is 0 Å². The van der Waals surface area contributed by atoms with Gasteiger partial charge in [-0.05, 0) is 43.0 Å². The van der Waals surface area contributed by atoms with Crippen LogP contribution in [0.25, 0.3) is 11.1 Å². The van der Waals surface area contributed by atoms with E-state index >= 15 is 0 Å². The number of sulfonamides is 1. The Morgan fingerprint density at radius 1 is 1.15 bits per heavy atom. The molecule has 1 saturated heterocycles. The van der Waals surface area contributed by atoms with E-state index in [4.69, 9.17) is 4.74 Å². The first-order valence-electron chi connectivity index (χ1n) is 9.10. The predicted octanol–water partition coefficient (Wildman–Crippen LogP) is 3.43. The Morgan fingerprint density at radius 3 is 2.52 bits per heavy atom. The quantitative estimate of drug-likeness (QED) is 0.857. The van der Waals surface area contributed by atoms with Gasteiger partial charge in [0, 0.05) is 18.6 Å². The molecule has 1 aliphatic rings. The summed E-state index contributed by atoms with van der Waals surface area (Å²) >= 11 is 0. The van der Waals surface area contributed by atoms with Crippen LogP contribution in [-0.2, 0) is 14.8 Å². The Hall–Kier alpha value is -2.20. The fraction of sp³-hybridized carbons (Fsp3) is 0.381. The smallest absolute Gasteiger partial charge is 0.214 e. The minimum Gasteiger partial charge on any atom is -0.381 e. The van der Waals surface area contributed by atoms with E-state index in [-0.39, 0.29) is 12.0 Å². The highest BCUT2D eigenvalue weighted by molar-refractivity contribution is 7.90. The van der Waals surface area contributed by atoms with Gasteiger partial charge in [0.1, 0.15) is 0 Å². The van der Waals surface area contributed by atoms with Crippen LogP contribution in [-0.4, -0.2) is 32.9 Å². The van der Waals surface area contributed by atoms with Gasteiger partial charge in [0.2, 0.25) is 10.0 Å². The van der Waals surface area contributed by atoms with E-state index in [0.29, 0.717) is 25.2 Å². The minimum atomic E-state index is -3.34. The van der Waals surface area contributed by atoms with E-state index in [1.54, 1.807) is 19.9 Å². The molecule has 5 nitrogen and oxygen atoms in total. The van der Waals surface area contributed by atoms with Crippen molar-refractivity contribution in [2.24, 2.45) is 0 Å². The van der Waals surface area contributed by atoms with Crippen LogP contribution in [0.15, 0.2) is 48.5 Å². The van der Waals surface area contributed by atoms with Crippen LogP contribution in [0.5, 0.6) is 0 Å². The molecule has 0 amide bonds. The molecule has 1 unspecified atom stereocenters. The van der Waals surface area contributed by atoms with Crippen molar-refractivity contribution in [1.29, 1.82) is 5.26 Å². The Labute approximate surface area is 161 Å². The van der Waals surface area contributed by atoms with Crippen molar-refractivity contribution in [3.63, 3.8) is 0 Å². The fourth-order valence-electron chi connectivity index (χ4n) is 3.30. The lowest BCUT2D eigenvalue weighted by molar-refractivity contribution is 0.0653. The fourth-order valence-corrected chi connectivity index (χ4v) is 4.27. The molecule has 0 aliphatic carbocycles. The minimum absolute atomic E-state index is 0.0347. The normalized spacial score (nSPS) is 20.4. The average Bonchev–Trinajstić information content (AvgIpc) is 2.68. The molecule has 1 N–H and O–H groups in total. The number of nitrogens with zero attached hydrogens (tertiary/aromatic N) is 1. The number of hydrogen-bond acceptors (Lipinski definition) is 4. The summed E-state index contributed by atoms with van der Waals surface area (Å²) in [5.74, 6) is -0.0347. The lowest BCUT2D eigenvalue weighted by Crippen LogP contribution is -2.46. The van der Waals surface area contributed by atoms with E-state index in [0.717, 1.165) is 16.7 Å². The maximum absolute atomic E-state index is 12.3. The lowest BCUT2D eigenvalue weighted by Gasteiger charge is -2.33. The summed E-state index contributed by atoms with van der Waals surface area (Å²) in [6.07, 6.45) is 0.648. The molecule has 0 spiro atoms. The molecule has 1 fully saturated rings. The first kappa shape index (κ1) is 19.6. The van der Waals surface area contributed by atoms with Gasteiger partial charge < -0.3 is 4.74 Å². The van der Waals surface area contributed by atoms with Crippen LogP contribution in [0, 0.1) is 11.3 Å². The number of benzene rings is 2. The van der Waals surface area contributed by atoms with Crippen molar-refractivity contribution in [2.45, 2.75) is 37.5 Å². The van der Waals surface area contributed by atoms with E-state index in [9.17, 15) is 13.7 Å². The van der Waals surface area contributed by atoms with Crippen LogP contribution in [0.1, 0.15) is 37.3 Å². The van der Waals surface area contributed by atoms with Gasteiger partial charge in [-0.1, -0.05) is 42.5 Å². The van der Waals surface area contributed by atoms with Gasteiger partial charge in [0.25, 0.3) is 0 Å². The highest BCUT2D eigenvalue weighted by atomic mass is 32.2. The van der Waals surface area contributed by atoms with Gasteiger partial charge in [-0.3, -0.25) is 0 Å². The Kier molecular flexibility index (Phi) is 5.95. The van der Waals surface area contributed by atoms with Gasteiger partial charge in [-0.2, -0.15) is 5.26 Å². The van der Waals surface area contributed by atoms with Gasteiger partial charge in [-0.15, -0.1) is 0 Å². The van der Waals surface area contributed by atoms with Crippen molar-refractivity contribution in [1.82, 2.24) is 4.72 Å². The highest BCUT2D eigenvalue weighted by Gasteiger charge is 2.31. The largest absolute Gasteiger partial charge is 0.381 e.